The highest BCUT2D eigenvalue weighted by Crippen LogP contribution is 2.21. The molecule has 0 radical (unpaired) electrons. The maximum absolute atomic E-state index is 11.2. The van der Waals surface area contributed by atoms with Crippen molar-refractivity contribution in [2.45, 2.75) is 4.90 Å². The second-order valence-corrected chi connectivity index (χ2v) is 6.21. The fourth-order valence-corrected chi connectivity index (χ4v) is 2.55. The van der Waals surface area contributed by atoms with E-state index in [1.807, 2.05) is 0 Å². The van der Waals surface area contributed by atoms with Crippen molar-refractivity contribution in [1.82, 2.24) is 14.6 Å². The SMILES string of the molecule is NS(=O)(=O)c1ccc(Nc2cc(Cl)nc3ccnn23)cc1. The highest BCUT2D eigenvalue weighted by atomic mass is 35.5. The van der Waals surface area contributed by atoms with Gasteiger partial charge in [0, 0.05) is 17.8 Å². The van der Waals surface area contributed by atoms with Gasteiger partial charge in [-0.15, -0.1) is 0 Å². The molecule has 0 aliphatic carbocycles. The van der Waals surface area contributed by atoms with Gasteiger partial charge in [0.05, 0.1) is 11.1 Å². The molecular weight excluding hydrogens is 314 g/mol. The maximum atomic E-state index is 11.2. The van der Waals surface area contributed by atoms with Crippen molar-refractivity contribution in [3.8, 4) is 0 Å². The van der Waals surface area contributed by atoms with Crippen LogP contribution in [0, 0.1) is 0 Å². The molecule has 0 amide bonds. The summed E-state index contributed by atoms with van der Waals surface area (Å²) in [6.07, 6.45) is 1.61. The number of nitrogens with zero attached hydrogens (tertiary/aromatic N) is 3. The van der Waals surface area contributed by atoms with Crippen LogP contribution in [0.1, 0.15) is 0 Å². The number of primary sulfonamides is 1. The normalized spacial score (nSPS) is 11.7. The number of hydrogen-bond donors (Lipinski definition) is 2. The first kappa shape index (κ1) is 13.8. The van der Waals surface area contributed by atoms with E-state index in [9.17, 15) is 8.42 Å². The lowest BCUT2D eigenvalue weighted by atomic mass is 10.3. The number of aromatic nitrogens is 3. The maximum Gasteiger partial charge on any atom is 0.238 e. The molecule has 0 aliphatic heterocycles. The molecule has 0 atom stereocenters. The van der Waals surface area contributed by atoms with Gasteiger partial charge in [0.15, 0.2) is 5.65 Å². The Bertz CT molecular complexity index is 905. The molecule has 0 spiro atoms. The lowest BCUT2D eigenvalue weighted by molar-refractivity contribution is 0.598. The second-order valence-electron chi connectivity index (χ2n) is 4.26. The highest BCUT2D eigenvalue weighted by molar-refractivity contribution is 7.89. The van der Waals surface area contributed by atoms with Crippen molar-refractivity contribution >= 4 is 38.8 Å². The van der Waals surface area contributed by atoms with E-state index in [0.717, 1.165) is 0 Å². The van der Waals surface area contributed by atoms with Crippen LogP contribution >= 0.6 is 11.6 Å². The largest absolute Gasteiger partial charge is 0.340 e. The monoisotopic (exact) mass is 323 g/mol. The lowest BCUT2D eigenvalue weighted by Crippen LogP contribution is -2.11. The van der Waals surface area contributed by atoms with E-state index < -0.39 is 10.0 Å². The second kappa shape index (κ2) is 4.99. The quantitative estimate of drug-likeness (QED) is 0.715. The smallest absolute Gasteiger partial charge is 0.238 e. The Morgan fingerprint density at radius 3 is 2.57 bits per heavy atom. The van der Waals surface area contributed by atoms with E-state index >= 15 is 0 Å². The molecule has 3 rings (SSSR count). The van der Waals surface area contributed by atoms with E-state index in [2.05, 4.69) is 15.4 Å². The van der Waals surface area contributed by atoms with Crippen molar-refractivity contribution in [1.29, 1.82) is 0 Å². The first-order valence-corrected chi connectivity index (χ1v) is 7.76. The van der Waals surface area contributed by atoms with Crippen LogP contribution in [0.4, 0.5) is 11.5 Å². The van der Waals surface area contributed by atoms with Crippen LogP contribution in [-0.4, -0.2) is 23.0 Å². The summed E-state index contributed by atoms with van der Waals surface area (Å²) in [4.78, 5) is 4.16. The van der Waals surface area contributed by atoms with Gasteiger partial charge in [-0.3, -0.25) is 0 Å². The zero-order valence-corrected chi connectivity index (χ0v) is 12.1. The molecule has 108 valence electrons. The summed E-state index contributed by atoms with van der Waals surface area (Å²) < 4.78 is 24.0. The summed E-state index contributed by atoms with van der Waals surface area (Å²) >= 11 is 5.94. The molecule has 21 heavy (non-hydrogen) atoms. The minimum atomic E-state index is -3.70. The molecule has 7 nitrogen and oxygen atoms in total. The third kappa shape index (κ3) is 2.82. The van der Waals surface area contributed by atoms with Crippen molar-refractivity contribution in [3.05, 3.63) is 47.7 Å². The molecular formula is C12H10ClN5O2S. The van der Waals surface area contributed by atoms with Crippen LogP contribution in [0.2, 0.25) is 5.15 Å². The topological polar surface area (TPSA) is 102 Å². The minimum Gasteiger partial charge on any atom is -0.340 e. The van der Waals surface area contributed by atoms with Gasteiger partial charge in [-0.2, -0.15) is 9.61 Å². The number of fused-ring (bicyclic) bond motifs is 1. The Balaban J connectivity index is 1.97. The van der Waals surface area contributed by atoms with Crippen LogP contribution in [-0.2, 0) is 10.0 Å². The third-order valence-electron chi connectivity index (χ3n) is 2.78. The predicted molar refractivity (Wildman–Crippen MR) is 79.1 cm³/mol. The molecule has 0 aliphatic rings. The minimum absolute atomic E-state index is 0.0463. The van der Waals surface area contributed by atoms with Crippen LogP contribution in [0.25, 0.3) is 5.65 Å². The molecule has 1 aromatic carbocycles. The molecule has 2 aromatic heterocycles. The van der Waals surface area contributed by atoms with E-state index in [-0.39, 0.29) is 4.90 Å². The fraction of sp³-hybridized carbons (Fsp3) is 0. The molecule has 0 saturated carbocycles. The van der Waals surface area contributed by atoms with E-state index in [4.69, 9.17) is 16.7 Å². The van der Waals surface area contributed by atoms with Crippen molar-refractivity contribution in [2.24, 2.45) is 5.14 Å². The summed E-state index contributed by atoms with van der Waals surface area (Å²) in [5.41, 5.74) is 1.27. The van der Waals surface area contributed by atoms with Crippen molar-refractivity contribution in [3.63, 3.8) is 0 Å². The standard InChI is InChI=1S/C12H10ClN5O2S/c13-10-7-12(18-11(17-10)5-6-15-18)16-8-1-3-9(4-2-8)21(14,19)20/h1-7,16H,(H2,14,19,20). The molecule has 0 saturated heterocycles. The summed E-state index contributed by atoms with van der Waals surface area (Å²) in [5, 5.41) is 12.6. The number of anilines is 2. The summed E-state index contributed by atoms with van der Waals surface area (Å²) in [6.45, 7) is 0. The Morgan fingerprint density at radius 2 is 1.90 bits per heavy atom. The molecule has 0 unspecified atom stereocenters. The molecule has 3 N–H and O–H groups in total. The number of sulfonamides is 1. The van der Waals surface area contributed by atoms with Gasteiger partial charge >= 0.3 is 0 Å². The Labute approximate surface area is 125 Å². The fourth-order valence-electron chi connectivity index (χ4n) is 1.85. The van der Waals surface area contributed by atoms with Crippen molar-refractivity contribution < 1.29 is 8.42 Å². The van der Waals surface area contributed by atoms with Gasteiger partial charge in [0.1, 0.15) is 11.0 Å². The predicted octanol–water partition coefficient (Wildman–Crippen LogP) is 1.77. The van der Waals surface area contributed by atoms with Gasteiger partial charge < -0.3 is 5.32 Å². The molecule has 0 bridgehead atoms. The van der Waals surface area contributed by atoms with Gasteiger partial charge in [-0.05, 0) is 24.3 Å². The van der Waals surface area contributed by atoms with Gasteiger partial charge in [-0.1, -0.05) is 11.6 Å². The number of halogens is 1. The number of hydrogen-bond acceptors (Lipinski definition) is 5. The van der Waals surface area contributed by atoms with Gasteiger partial charge in [0.2, 0.25) is 10.0 Å². The molecule has 0 fully saturated rings. The molecule has 2 heterocycles. The average Bonchev–Trinajstić information content (AvgIpc) is 2.86. The van der Waals surface area contributed by atoms with Crippen LogP contribution in [0.15, 0.2) is 47.5 Å². The van der Waals surface area contributed by atoms with E-state index in [0.29, 0.717) is 22.3 Å². The van der Waals surface area contributed by atoms with Crippen LogP contribution < -0.4 is 10.5 Å². The zero-order chi connectivity index (χ0) is 15.0. The van der Waals surface area contributed by atoms with E-state index in [1.54, 1.807) is 35.0 Å². The van der Waals surface area contributed by atoms with Crippen molar-refractivity contribution in [2.75, 3.05) is 5.32 Å². The lowest BCUT2D eigenvalue weighted by Gasteiger charge is -2.09. The number of nitrogens with one attached hydrogen (secondary N) is 1. The van der Waals surface area contributed by atoms with Gasteiger partial charge in [0.25, 0.3) is 0 Å². The average molecular weight is 324 g/mol. The Kier molecular flexibility index (Phi) is 3.28. The first-order chi connectivity index (χ1) is 9.93. The number of rotatable bonds is 3. The Hall–Kier alpha value is -2.16. The highest BCUT2D eigenvalue weighted by Gasteiger charge is 2.08. The summed E-state index contributed by atoms with van der Waals surface area (Å²) in [6, 6.07) is 9.38. The number of nitrogens with two attached hydrogens (primary N) is 1. The zero-order valence-electron chi connectivity index (χ0n) is 10.6. The summed E-state index contributed by atoms with van der Waals surface area (Å²) in [7, 11) is -3.70. The molecule has 3 aromatic rings. The third-order valence-corrected chi connectivity index (χ3v) is 3.91. The van der Waals surface area contributed by atoms with Crippen LogP contribution in [0.3, 0.4) is 0 Å². The van der Waals surface area contributed by atoms with E-state index in [1.165, 1.54) is 12.1 Å². The molecule has 9 heteroatoms. The summed E-state index contributed by atoms with van der Waals surface area (Å²) in [5.74, 6) is 0.610. The first-order valence-electron chi connectivity index (χ1n) is 5.84. The number of benzene rings is 1. The van der Waals surface area contributed by atoms with Gasteiger partial charge in [-0.25, -0.2) is 18.5 Å². The van der Waals surface area contributed by atoms with Crippen LogP contribution in [0.5, 0.6) is 0 Å². The Morgan fingerprint density at radius 1 is 1.19 bits per heavy atom.